The second-order valence-corrected chi connectivity index (χ2v) is 5.01. The summed E-state index contributed by atoms with van der Waals surface area (Å²) in [7, 11) is 1.36. The van der Waals surface area contributed by atoms with E-state index in [1.54, 1.807) is 12.1 Å². The standard InChI is InChI=1S/C18H15NO3/c1-12-3-5-14(6-4-12)17-11-16(19-22-17)13-7-9-15(10-8-13)18(20)21-2/h3-11H,1-2H3. The van der Waals surface area contributed by atoms with Gasteiger partial charge in [-0.2, -0.15) is 0 Å². The maximum absolute atomic E-state index is 11.4. The molecule has 22 heavy (non-hydrogen) atoms. The zero-order valence-electron chi connectivity index (χ0n) is 12.4. The maximum atomic E-state index is 11.4. The summed E-state index contributed by atoms with van der Waals surface area (Å²) in [6.07, 6.45) is 0. The summed E-state index contributed by atoms with van der Waals surface area (Å²) in [4.78, 5) is 11.4. The van der Waals surface area contributed by atoms with Crippen LogP contribution in [0, 0.1) is 6.92 Å². The molecule has 0 atom stereocenters. The van der Waals surface area contributed by atoms with Gasteiger partial charge in [-0.1, -0.05) is 47.1 Å². The van der Waals surface area contributed by atoms with Crippen LogP contribution in [0.1, 0.15) is 15.9 Å². The largest absolute Gasteiger partial charge is 0.465 e. The molecule has 0 amide bonds. The minimum Gasteiger partial charge on any atom is -0.465 e. The predicted octanol–water partition coefficient (Wildman–Crippen LogP) is 4.10. The fraction of sp³-hybridized carbons (Fsp3) is 0.111. The van der Waals surface area contributed by atoms with Crippen molar-refractivity contribution < 1.29 is 14.1 Å². The molecule has 1 heterocycles. The third-order valence-corrected chi connectivity index (χ3v) is 3.45. The average molecular weight is 293 g/mol. The van der Waals surface area contributed by atoms with Crippen molar-refractivity contribution in [3.63, 3.8) is 0 Å². The van der Waals surface area contributed by atoms with Crippen molar-refractivity contribution in [3.05, 3.63) is 65.7 Å². The molecule has 0 aliphatic rings. The van der Waals surface area contributed by atoms with Gasteiger partial charge in [0.25, 0.3) is 0 Å². The molecule has 0 N–H and O–H groups in total. The summed E-state index contributed by atoms with van der Waals surface area (Å²) in [6.45, 7) is 2.04. The van der Waals surface area contributed by atoms with Gasteiger partial charge in [0.2, 0.25) is 0 Å². The molecule has 1 aromatic heterocycles. The van der Waals surface area contributed by atoms with Crippen LogP contribution in [0.25, 0.3) is 22.6 Å². The van der Waals surface area contributed by atoms with Crippen LogP contribution < -0.4 is 0 Å². The molecule has 0 unspecified atom stereocenters. The number of hydrogen-bond acceptors (Lipinski definition) is 4. The Labute approximate surface area is 128 Å². The van der Waals surface area contributed by atoms with E-state index in [1.165, 1.54) is 12.7 Å². The van der Waals surface area contributed by atoms with E-state index in [9.17, 15) is 4.79 Å². The highest BCUT2D eigenvalue weighted by molar-refractivity contribution is 5.89. The Morgan fingerprint density at radius 3 is 2.27 bits per heavy atom. The number of benzene rings is 2. The van der Waals surface area contributed by atoms with Crippen LogP contribution in [0.2, 0.25) is 0 Å². The Balaban J connectivity index is 1.87. The first-order chi connectivity index (χ1) is 10.7. The van der Waals surface area contributed by atoms with Gasteiger partial charge in [-0.05, 0) is 19.1 Å². The molecule has 2 aromatic carbocycles. The van der Waals surface area contributed by atoms with Gasteiger partial charge in [-0.15, -0.1) is 0 Å². The first-order valence-corrected chi connectivity index (χ1v) is 6.90. The minimum atomic E-state index is -0.355. The molecule has 110 valence electrons. The SMILES string of the molecule is COC(=O)c1ccc(-c2cc(-c3ccc(C)cc3)on2)cc1. The fourth-order valence-electron chi connectivity index (χ4n) is 2.16. The predicted molar refractivity (Wildman–Crippen MR) is 83.5 cm³/mol. The minimum absolute atomic E-state index is 0.355. The summed E-state index contributed by atoms with van der Waals surface area (Å²) in [5.74, 6) is 0.360. The monoisotopic (exact) mass is 293 g/mol. The Bertz CT molecular complexity index is 786. The van der Waals surface area contributed by atoms with E-state index in [0.29, 0.717) is 11.3 Å². The molecule has 3 rings (SSSR count). The van der Waals surface area contributed by atoms with Crippen molar-refractivity contribution in [1.82, 2.24) is 5.16 Å². The zero-order valence-corrected chi connectivity index (χ0v) is 12.4. The van der Waals surface area contributed by atoms with Gasteiger partial charge in [0.1, 0.15) is 5.69 Å². The Morgan fingerprint density at radius 2 is 1.64 bits per heavy atom. The van der Waals surface area contributed by atoms with Gasteiger partial charge >= 0.3 is 5.97 Å². The van der Waals surface area contributed by atoms with Crippen molar-refractivity contribution >= 4 is 5.97 Å². The molecule has 0 saturated heterocycles. The lowest BCUT2D eigenvalue weighted by molar-refractivity contribution is 0.0601. The number of aromatic nitrogens is 1. The number of esters is 1. The van der Waals surface area contributed by atoms with Crippen LogP contribution in [0.15, 0.2) is 59.1 Å². The number of aryl methyl sites for hydroxylation is 1. The van der Waals surface area contributed by atoms with E-state index >= 15 is 0 Å². The lowest BCUT2D eigenvalue weighted by atomic mass is 10.1. The van der Waals surface area contributed by atoms with Crippen LogP contribution in [0.5, 0.6) is 0 Å². The normalized spacial score (nSPS) is 10.5. The quantitative estimate of drug-likeness (QED) is 0.682. The molecule has 0 aliphatic carbocycles. The van der Waals surface area contributed by atoms with Crippen molar-refractivity contribution in [2.45, 2.75) is 6.92 Å². The second-order valence-electron chi connectivity index (χ2n) is 5.01. The number of nitrogens with zero attached hydrogens (tertiary/aromatic N) is 1. The highest BCUT2D eigenvalue weighted by atomic mass is 16.5. The molecule has 4 heteroatoms. The van der Waals surface area contributed by atoms with E-state index < -0.39 is 0 Å². The van der Waals surface area contributed by atoms with Gasteiger partial charge in [0.15, 0.2) is 5.76 Å². The van der Waals surface area contributed by atoms with E-state index in [4.69, 9.17) is 4.52 Å². The van der Waals surface area contributed by atoms with Crippen LogP contribution >= 0.6 is 0 Å². The van der Waals surface area contributed by atoms with Crippen LogP contribution in [0.3, 0.4) is 0 Å². The second kappa shape index (κ2) is 5.85. The third kappa shape index (κ3) is 2.76. The summed E-state index contributed by atoms with van der Waals surface area (Å²) in [5.41, 5.74) is 4.30. The van der Waals surface area contributed by atoms with E-state index in [-0.39, 0.29) is 5.97 Å². The molecule has 3 aromatic rings. The van der Waals surface area contributed by atoms with Crippen molar-refractivity contribution in [2.75, 3.05) is 7.11 Å². The summed E-state index contributed by atoms with van der Waals surface area (Å²) < 4.78 is 10.1. The fourth-order valence-corrected chi connectivity index (χ4v) is 2.16. The van der Waals surface area contributed by atoms with Gasteiger partial charge in [-0.3, -0.25) is 0 Å². The first kappa shape index (κ1) is 14.1. The van der Waals surface area contributed by atoms with E-state index in [0.717, 1.165) is 16.8 Å². The number of rotatable bonds is 3. The van der Waals surface area contributed by atoms with Crippen molar-refractivity contribution in [1.29, 1.82) is 0 Å². The first-order valence-electron chi connectivity index (χ1n) is 6.90. The van der Waals surface area contributed by atoms with Gasteiger partial charge in [0.05, 0.1) is 12.7 Å². The lowest BCUT2D eigenvalue weighted by Crippen LogP contribution is -2.00. The number of hydrogen-bond donors (Lipinski definition) is 0. The van der Waals surface area contributed by atoms with Gasteiger partial charge in [0, 0.05) is 17.2 Å². The molecular weight excluding hydrogens is 278 g/mol. The van der Waals surface area contributed by atoms with Crippen LogP contribution in [0.4, 0.5) is 0 Å². The molecule has 0 spiro atoms. The van der Waals surface area contributed by atoms with Gasteiger partial charge in [-0.25, -0.2) is 4.79 Å². The molecule has 0 radical (unpaired) electrons. The Hall–Kier alpha value is -2.88. The topological polar surface area (TPSA) is 52.3 Å². The smallest absolute Gasteiger partial charge is 0.337 e. The molecule has 4 nitrogen and oxygen atoms in total. The number of methoxy groups -OCH3 is 1. The highest BCUT2D eigenvalue weighted by Gasteiger charge is 2.10. The zero-order chi connectivity index (χ0) is 15.5. The third-order valence-electron chi connectivity index (χ3n) is 3.45. The van der Waals surface area contributed by atoms with E-state index in [2.05, 4.69) is 9.89 Å². The van der Waals surface area contributed by atoms with E-state index in [1.807, 2.05) is 49.4 Å². The number of ether oxygens (including phenoxy) is 1. The number of carbonyl (C=O) groups is 1. The average Bonchev–Trinajstić information content (AvgIpc) is 3.05. The van der Waals surface area contributed by atoms with Crippen LogP contribution in [-0.4, -0.2) is 18.2 Å². The van der Waals surface area contributed by atoms with Gasteiger partial charge < -0.3 is 9.26 Å². The highest BCUT2D eigenvalue weighted by Crippen LogP contribution is 2.26. The molecule has 0 bridgehead atoms. The molecule has 0 fully saturated rings. The Kier molecular flexibility index (Phi) is 3.74. The number of carbonyl (C=O) groups excluding carboxylic acids is 1. The molecular formula is C18H15NO3. The summed E-state index contributed by atoms with van der Waals surface area (Å²) >= 11 is 0. The lowest BCUT2D eigenvalue weighted by Gasteiger charge is -1.99. The summed E-state index contributed by atoms with van der Waals surface area (Å²) in [5, 5.41) is 4.09. The Morgan fingerprint density at radius 1 is 1.00 bits per heavy atom. The molecule has 0 aliphatic heterocycles. The van der Waals surface area contributed by atoms with Crippen molar-refractivity contribution in [2.24, 2.45) is 0 Å². The summed E-state index contributed by atoms with van der Waals surface area (Å²) in [6, 6.07) is 17.0. The maximum Gasteiger partial charge on any atom is 0.337 e. The van der Waals surface area contributed by atoms with Crippen molar-refractivity contribution in [3.8, 4) is 22.6 Å². The van der Waals surface area contributed by atoms with Crippen LogP contribution in [-0.2, 0) is 4.74 Å². The molecule has 0 saturated carbocycles.